The molecule has 1 rings (SSSR count). The van der Waals surface area contributed by atoms with E-state index in [9.17, 15) is 0 Å². The largest absolute Gasteiger partial charge is 0.255 e. The molecule has 0 saturated heterocycles. The van der Waals surface area contributed by atoms with Gasteiger partial charge in [0.05, 0.1) is 16.7 Å². The zero-order valence-corrected chi connectivity index (χ0v) is 7.04. The van der Waals surface area contributed by atoms with E-state index in [0.717, 1.165) is 4.47 Å². The summed E-state index contributed by atoms with van der Waals surface area (Å²) in [6.07, 6.45) is 3.43. The molecule has 0 aromatic carbocycles. The average molecular weight is 200 g/mol. The van der Waals surface area contributed by atoms with E-state index in [1.165, 1.54) is 0 Å². The molecule has 1 heterocycles. The lowest BCUT2D eigenvalue weighted by Gasteiger charge is -1.99. The lowest BCUT2D eigenvalue weighted by atomic mass is 10.4. The van der Waals surface area contributed by atoms with Gasteiger partial charge in [0, 0.05) is 6.20 Å². The molecule has 52 valence electrons. The van der Waals surface area contributed by atoms with Crippen molar-refractivity contribution in [3.8, 4) is 6.07 Å². The summed E-state index contributed by atoms with van der Waals surface area (Å²) in [6.45, 7) is 1.79. The van der Waals surface area contributed by atoms with Gasteiger partial charge in [-0.1, -0.05) is 0 Å². The van der Waals surface area contributed by atoms with Crippen LogP contribution in [0, 0.1) is 11.3 Å². The number of hydrogen-bond acceptors (Lipinski definition) is 2. The Kier molecular flexibility index (Phi) is 2.07. The molecule has 0 fully saturated rings. The van der Waals surface area contributed by atoms with Gasteiger partial charge in [0.1, 0.15) is 6.04 Å². The van der Waals surface area contributed by atoms with E-state index < -0.39 is 0 Å². The first kappa shape index (κ1) is 7.29. The van der Waals surface area contributed by atoms with Crippen LogP contribution in [0.5, 0.6) is 0 Å². The van der Waals surface area contributed by atoms with E-state index in [2.05, 4.69) is 27.1 Å². The van der Waals surface area contributed by atoms with Gasteiger partial charge in [-0.25, -0.2) is 0 Å². The van der Waals surface area contributed by atoms with Crippen molar-refractivity contribution in [1.29, 1.82) is 5.26 Å². The molecule has 0 spiro atoms. The molecular weight excluding hydrogens is 194 g/mol. The Morgan fingerprint density at radius 1 is 1.90 bits per heavy atom. The van der Waals surface area contributed by atoms with Crippen molar-refractivity contribution >= 4 is 15.9 Å². The van der Waals surface area contributed by atoms with Gasteiger partial charge in [-0.05, 0) is 22.9 Å². The maximum Gasteiger partial charge on any atom is 0.135 e. The Balaban J connectivity index is 2.87. The SMILES string of the molecule is C[C@H](C#N)n1cc(Br)cn1. The summed E-state index contributed by atoms with van der Waals surface area (Å²) in [5.41, 5.74) is 0. The zero-order chi connectivity index (χ0) is 7.56. The predicted molar refractivity (Wildman–Crippen MR) is 40.3 cm³/mol. The van der Waals surface area contributed by atoms with Crippen LogP contribution in [0.2, 0.25) is 0 Å². The standard InChI is InChI=1S/C6H6BrN3/c1-5(2-8)10-4-6(7)3-9-10/h3-5H,1H3/t5-/m1/s1. The van der Waals surface area contributed by atoms with Gasteiger partial charge < -0.3 is 0 Å². The Morgan fingerprint density at radius 2 is 2.60 bits per heavy atom. The molecule has 1 atom stereocenters. The molecule has 0 unspecified atom stereocenters. The van der Waals surface area contributed by atoms with Gasteiger partial charge in [0.2, 0.25) is 0 Å². The molecule has 10 heavy (non-hydrogen) atoms. The lowest BCUT2D eigenvalue weighted by Crippen LogP contribution is -2.01. The van der Waals surface area contributed by atoms with E-state index in [0.29, 0.717) is 0 Å². The summed E-state index contributed by atoms with van der Waals surface area (Å²) in [5.74, 6) is 0. The average Bonchev–Trinajstić information content (AvgIpc) is 2.34. The molecule has 0 bridgehead atoms. The minimum absolute atomic E-state index is 0.189. The van der Waals surface area contributed by atoms with E-state index in [4.69, 9.17) is 5.26 Å². The van der Waals surface area contributed by atoms with Gasteiger partial charge in [-0.3, -0.25) is 4.68 Å². The summed E-state index contributed by atoms with van der Waals surface area (Å²) >= 11 is 3.24. The fraction of sp³-hybridized carbons (Fsp3) is 0.333. The second-order valence-electron chi connectivity index (χ2n) is 1.94. The predicted octanol–water partition coefficient (Wildman–Crippen LogP) is 1.73. The number of aromatic nitrogens is 2. The summed E-state index contributed by atoms with van der Waals surface area (Å²) in [7, 11) is 0. The molecule has 0 aliphatic carbocycles. The highest BCUT2D eigenvalue weighted by Gasteiger charge is 2.01. The number of nitrogens with zero attached hydrogens (tertiary/aromatic N) is 3. The van der Waals surface area contributed by atoms with E-state index in [1.807, 2.05) is 0 Å². The smallest absolute Gasteiger partial charge is 0.135 e. The molecule has 0 aliphatic rings. The quantitative estimate of drug-likeness (QED) is 0.692. The molecule has 4 heteroatoms. The lowest BCUT2D eigenvalue weighted by molar-refractivity contribution is 0.591. The summed E-state index contributed by atoms with van der Waals surface area (Å²) in [6, 6.07) is 1.89. The zero-order valence-electron chi connectivity index (χ0n) is 5.45. The molecule has 1 aromatic heterocycles. The molecule has 0 N–H and O–H groups in total. The van der Waals surface area contributed by atoms with E-state index in [-0.39, 0.29) is 6.04 Å². The van der Waals surface area contributed by atoms with Gasteiger partial charge in [0.25, 0.3) is 0 Å². The first-order valence-electron chi connectivity index (χ1n) is 2.83. The van der Waals surface area contributed by atoms with Crippen molar-refractivity contribution in [1.82, 2.24) is 9.78 Å². The van der Waals surface area contributed by atoms with Crippen molar-refractivity contribution in [2.45, 2.75) is 13.0 Å². The second-order valence-corrected chi connectivity index (χ2v) is 2.86. The van der Waals surface area contributed by atoms with Crippen molar-refractivity contribution in [3.05, 3.63) is 16.9 Å². The molecule has 0 radical (unpaired) electrons. The Bertz CT molecular complexity index is 260. The summed E-state index contributed by atoms with van der Waals surface area (Å²) in [5, 5.41) is 12.4. The Morgan fingerprint density at radius 3 is 3.00 bits per heavy atom. The highest BCUT2D eigenvalue weighted by Crippen LogP contribution is 2.10. The Hall–Kier alpha value is -0.820. The molecular formula is C6H6BrN3. The third-order valence-electron chi connectivity index (χ3n) is 1.15. The van der Waals surface area contributed by atoms with Crippen LogP contribution in [0.1, 0.15) is 13.0 Å². The highest BCUT2D eigenvalue weighted by molar-refractivity contribution is 9.10. The Labute approximate surface area is 67.4 Å². The third-order valence-corrected chi connectivity index (χ3v) is 1.56. The normalized spacial score (nSPS) is 12.5. The summed E-state index contributed by atoms with van der Waals surface area (Å²) in [4.78, 5) is 0. The first-order chi connectivity index (χ1) is 4.74. The van der Waals surface area contributed by atoms with Crippen molar-refractivity contribution < 1.29 is 0 Å². The maximum absolute atomic E-state index is 8.47. The van der Waals surface area contributed by atoms with Crippen LogP contribution >= 0.6 is 15.9 Å². The molecule has 0 saturated carbocycles. The number of rotatable bonds is 1. The molecule has 3 nitrogen and oxygen atoms in total. The fourth-order valence-electron chi connectivity index (χ4n) is 0.586. The first-order valence-corrected chi connectivity index (χ1v) is 3.62. The van der Waals surface area contributed by atoms with E-state index in [1.54, 1.807) is 24.0 Å². The van der Waals surface area contributed by atoms with Gasteiger partial charge in [-0.15, -0.1) is 0 Å². The second kappa shape index (κ2) is 2.84. The van der Waals surface area contributed by atoms with Crippen LogP contribution in [0.3, 0.4) is 0 Å². The monoisotopic (exact) mass is 199 g/mol. The minimum atomic E-state index is -0.189. The van der Waals surface area contributed by atoms with Crippen LogP contribution in [0.25, 0.3) is 0 Å². The van der Waals surface area contributed by atoms with Crippen LogP contribution in [-0.2, 0) is 0 Å². The van der Waals surface area contributed by atoms with Crippen molar-refractivity contribution in [2.24, 2.45) is 0 Å². The van der Waals surface area contributed by atoms with Gasteiger partial charge in [0.15, 0.2) is 0 Å². The van der Waals surface area contributed by atoms with Crippen LogP contribution in [0.15, 0.2) is 16.9 Å². The van der Waals surface area contributed by atoms with Crippen molar-refractivity contribution in [3.63, 3.8) is 0 Å². The highest BCUT2D eigenvalue weighted by atomic mass is 79.9. The van der Waals surface area contributed by atoms with Crippen molar-refractivity contribution in [2.75, 3.05) is 0 Å². The fourth-order valence-corrected chi connectivity index (χ4v) is 0.887. The molecule has 1 aromatic rings. The maximum atomic E-state index is 8.47. The third kappa shape index (κ3) is 1.36. The molecule has 0 aliphatic heterocycles. The van der Waals surface area contributed by atoms with Gasteiger partial charge in [-0.2, -0.15) is 10.4 Å². The minimum Gasteiger partial charge on any atom is -0.255 e. The van der Waals surface area contributed by atoms with Crippen LogP contribution in [0.4, 0.5) is 0 Å². The van der Waals surface area contributed by atoms with Crippen LogP contribution < -0.4 is 0 Å². The summed E-state index contributed by atoms with van der Waals surface area (Å²) < 4.78 is 2.50. The van der Waals surface area contributed by atoms with Gasteiger partial charge >= 0.3 is 0 Å². The number of halogens is 1. The van der Waals surface area contributed by atoms with Crippen LogP contribution in [-0.4, -0.2) is 9.78 Å². The number of nitriles is 1. The number of hydrogen-bond donors (Lipinski definition) is 0. The topological polar surface area (TPSA) is 41.6 Å². The van der Waals surface area contributed by atoms with E-state index >= 15 is 0 Å². The molecule has 0 amide bonds.